The van der Waals surface area contributed by atoms with Gasteiger partial charge in [0.15, 0.2) is 0 Å². The van der Waals surface area contributed by atoms with Gasteiger partial charge in [0.05, 0.1) is 18.0 Å². The van der Waals surface area contributed by atoms with Gasteiger partial charge in [-0.05, 0) is 41.8 Å². The fourth-order valence-electron chi connectivity index (χ4n) is 3.30. The van der Waals surface area contributed by atoms with Crippen LogP contribution in [0.15, 0.2) is 72.9 Å². The Balaban J connectivity index is 1.20. The Labute approximate surface area is 197 Å². The Morgan fingerprint density at radius 1 is 0.939 bits per heavy atom. The molecule has 3 aromatic rings. The standard InChI is InChI=1S/C25H25N3O4S/c1-28(23-12-11-21(16-26-23)32-17-19-5-3-2-4-6-19)13-14-31-20-9-7-18(8-10-20)15-22-24(29)27-25(30)33-22/h2-12,16,22H,13-15,17H2,1H3,(H,27,29,30). The normalized spacial score (nSPS) is 15.2. The molecule has 1 fully saturated rings. The molecule has 170 valence electrons. The molecule has 0 bridgehead atoms. The molecule has 1 aromatic heterocycles. The molecular weight excluding hydrogens is 438 g/mol. The van der Waals surface area contributed by atoms with Gasteiger partial charge in [-0.1, -0.05) is 54.2 Å². The fraction of sp³-hybridized carbons (Fsp3) is 0.240. The van der Waals surface area contributed by atoms with Crippen molar-refractivity contribution < 1.29 is 19.1 Å². The molecule has 0 aliphatic carbocycles. The number of thioether (sulfide) groups is 1. The smallest absolute Gasteiger partial charge is 0.286 e. The Kier molecular flexibility index (Phi) is 7.47. The van der Waals surface area contributed by atoms with Crippen molar-refractivity contribution in [3.63, 3.8) is 0 Å². The molecule has 2 heterocycles. The van der Waals surface area contributed by atoms with Crippen LogP contribution in [0.1, 0.15) is 11.1 Å². The molecule has 1 aliphatic rings. The number of rotatable bonds is 10. The molecular formula is C25H25N3O4S. The highest BCUT2D eigenvalue weighted by atomic mass is 32.2. The first-order valence-electron chi connectivity index (χ1n) is 10.6. The monoisotopic (exact) mass is 463 g/mol. The molecule has 1 atom stereocenters. The number of anilines is 1. The SMILES string of the molecule is CN(CCOc1ccc(CC2SC(=O)NC2=O)cc1)c1ccc(OCc2ccccc2)cn1. The van der Waals surface area contributed by atoms with Gasteiger partial charge in [0.2, 0.25) is 5.91 Å². The van der Waals surface area contributed by atoms with E-state index in [2.05, 4.69) is 10.3 Å². The number of hydrogen-bond acceptors (Lipinski definition) is 7. The van der Waals surface area contributed by atoms with Crippen molar-refractivity contribution in [1.29, 1.82) is 0 Å². The number of aromatic nitrogens is 1. The third kappa shape index (κ3) is 6.49. The fourth-order valence-corrected chi connectivity index (χ4v) is 4.16. The number of nitrogens with one attached hydrogen (secondary N) is 1. The highest BCUT2D eigenvalue weighted by Gasteiger charge is 2.31. The summed E-state index contributed by atoms with van der Waals surface area (Å²) in [6, 6.07) is 21.5. The Bertz CT molecular complexity index is 1080. The molecule has 1 N–H and O–H groups in total. The minimum Gasteiger partial charge on any atom is -0.492 e. The third-order valence-electron chi connectivity index (χ3n) is 5.17. The summed E-state index contributed by atoms with van der Waals surface area (Å²) < 4.78 is 11.6. The minimum atomic E-state index is -0.361. The van der Waals surface area contributed by atoms with E-state index in [9.17, 15) is 9.59 Å². The van der Waals surface area contributed by atoms with Crippen molar-refractivity contribution >= 4 is 28.7 Å². The highest BCUT2D eigenvalue weighted by Crippen LogP contribution is 2.24. The van der Waals surface area contributed by atoms with Gasteiger partial charge in [0.25, 0.3) is 5.24 Å². The molecule has 2 amide bonds. The first-order chi connectivity index (χ1) is 16.1. The summed E-state index contributed by atoms with van der Waals surface area (Å²) in [5.74, 6) is 2.09. The van der Waals surface area contributed by atoms with Crippen molar-refractivity contribution in [3.8, 4) is 11.5 Å². The van der Waals surface area contributed by atoms with Gasteiger partial charge in [-0.15, -0.1) is 0 Å². The average molecular weight is 464 g/mol. The number of pyridine rings is 1. The number of likely N-dealkylation sites (N-methyl/N-ethyl adjacent to an activating group) is 1. The molecule has 4 rings (SSSR count). The van der Waals surface area contributed by atoms with Crippen LogP contribution in [-0.2, 0) is 17.8 Å². The van der Waals surface area contributed by atoms with Crippen molar-refractivity contribution in [2.24, 2.45) is 0 Å². The second-order valence-corrected chi connectivity index (χ2v) is 8.80. The van der Waals surface area contributed by atoms with Crippen LogP contribution in [0.2, 0.25) is 0 Å². The number of imide groups is 1. The third-order valence-corrected chi connectivity index (χ3v) is 6.15. The van der Waals surface area contributed by atoms with E-state index >= 15 is 0 Å². The van der Waals surface area contributed by atoms with Gasteiger partial charge in [0.1, 0.15) is 30.5 Å². The number of amides is 2. The number of ether oxygens (including phenoxy) is 2. The molecule has 0 spiro atoms. The van der Waals surface area contributed by atoms with E-state index in [1.165, 1.54) is 0 Å². The summed E-state index contributed by atoms with van der Waals surface area (Å²) in [5, 5.41) is 1.67. The van der Waals surface area contributed by atoms with Gasteiger partial charge in [-0.2, -0.15) is 0 Å². The van der Waals surface area contributed by atoms with Gasteiger partial charge in [-0.25, -0.2) is 4.98 Å². The maximum absolute atomic E-state index is 11.7. The molecule has 2 aromatic carbocycles. The lowest BCUT2D eigenvalue weighted by Crippen LogP contribution is -2.25. The van der Waals surface area contributed by atoms with Crippen LogP contribution in [0.3, 0.4) is 0 Å². The lowest BCUT2D eigenvalue weighted by Gasteiger charge is -2.18. The molecule has 8 heteroatoms. The zero-order chi connectivity index (χ0) is 23.0. The number of carbonyl (C=O) groups is 2. The van der Waals surface area contributed by atoms with Crippen LogP contribution in [0.4, 0.5) is 10.6 Å². The maximum Gasteiger partial charge on any atom is 0.286 e. The summed E-state index contributed by atoms with van der Waals surface area (Å²) in [5.41, 5.74) is 2.10. The largest absolute Gasteiger partial charge is 0.492 e. The van der Waals surface area contributed by atoms with E-state index in [1.807, 2.05) is 78.7 Å². The summed E-state index contributed by atoms with van der Waals surface area (Å²) >= 11 is 1.04. The summed E-state index contributed by atoms with van der Waals surface area (Å²) in [6.45, 7) is 1.67. The topological polar surface area (TPSA) is 80.8 Å². The van der Waals surface area contributed by atoms with Gasteiger partial charge < -0.3 is 14.4 Å². The summed E-state index contributed by atoms with van der Waals surface area (Å²) in [6.07, 6.45) is 2.24. The molecule has 7 nitrogen and oxygen atoms in total. The molecule has 0 radical (unpaired) electrons. The van der Waals surface area contributed by atoms with Crippen molar-refractivity contribution in [1.82, 2.24) is 10.3 Å². The zero-order valence-electron chi connectivity index (χ0n) is 18.3. The van der Waals surface area contributed by atoms with E-state index in [-0.39, 0.29) is 16.4 Å². The van der Waals surface area contributed by atoms with Gasteiger partial charge in [-0.3, -0.25) is 14.9 Å². The van der Waals surface area contributed by atoms with Crippen LogP contribution in [0.5, 0.6) is 11.5 Å². The van der Waals surface area contributed by atoms with Crippen LogP contribution in [0, 0.1) is 0 Å². The van der Waals surface area contributed by atoms with Crippen LogP contribution in [-0.4, -0.2) is 41.6 Å². The predicted molar refractivity (Wildman–Crippen MR) is 129 cm³/mol. The van der Waals surface area contributed by atoms with Crippen LogP contribution in [0.25, 0.3) is 0 Å². The van der Waals surface area contributed by atoms with E-state index < -0.39 is 0 Å². The first-order valence-corrected chi connectivity index (χ1v) is 11.5. The van der Waals surface area contributed by atoms with E-state index in [0.717, 1.165) is 40.2 Å². The highest BCUT2D eigenvalue weighted by molar-refractivity contribution is 8.15. The second kappa shape index (κ2) is 10.9. The molecule has 1 unspecified atom stereocenters. The second-order valence-electron chi connectivity index (χ2n) is 7.63. The quantitative estimate of drug-likeness (QED) is 0.485. The lowest BCUT2D eigenvalue weighted by molar-refractivity contribution is -0.118. The number of benzene rings is 2. The van der Waals surface area contributed by atoms with E-state index in [4.69, 9.17) is 9.47 Å². The lowest BCUT2D eigenvalue weighted by atomic mass is 10.1. The summed E-state index contributed by atoms with van der Waals surface area (Å²) in [4.78, 5) is 29.5. The summed E-state index contributed by atoms with van der Waals surface area (Å²) in [7, 11) is 1.96. The maximum atomic E-state index is 11.7. The first kappa shape index (κ1) is 22.7. The van der Waals surface area contributed by atoms with E-state index in [0.29, 0.717) is 26.2 Å². The zero-order valence-corrected chi connectivity index (χ0v) is 19.1. The predicted octanol–water partition coefficient (Wildman–Crippen LogP) is 4.07. The van der Waals surface area contributed by atoms with Crippen molar-refractivity contribution in [2.45, 2.75) is 18.3 Å². The number of hydrogen-bond donors (Lipinski definition) is 1. The van der Waals surface area contributed by atoms with Crippen LogP contribution < -0.4 is 19.7 Å². The molecule has 0 saturated carbocycles. The number of nitrogens with zero attached hydrogens (tertiary/aromatic N) is 2. The molecule has 1 saturated heterocycles. The Morgan fingerprint density at radius 3 is 2.36 bits per heavy atom. The van der Waals surface area contributed by atoms with Crippen LogP contribution >= 0.6 is 11.8 Å². The van der Waals surface area contributed by atoms with Gasteiger partial charge >= 0.3 is 0 Å². The van der Waals surface area contributed by atoms with Gasteiger partial charge in [0, 0.05) is 7.05 Å². The Morgan fingerprint density at radius 2 is 1.70 bits per heavy atom. The van der Waals surface area contributed by atoms with E-state index in [1.54, 1.807) is 6.20 Å². The Hall–Kier alpha value is -3.52. The van der Waals surface area contributed by atoms with Crippen molar-refractivity contribution in [3.05, 3.63) is 84.1 Å². The number of carbonyl (C=O) groups excluding carboxylic acids is 2. The molecule has 1 aliphatic heterocycles. The van der Waals surface area contributed by atoms with Crippen molar-refractivity contribution in [2.75, 3.05) is 25.1 Å². The minimum absolute atomic E-state index is 0.224. The molecule has 33 heavy (non-hydrogen) atoms. The average Bonchev–Trinajstić information content (AvgIpc) is 3.16.